The van der Waals surface area contributed by atoms with E-state index in [1.165, 1.54) is 0 Å². The molecule has 0 N–H and O–H groups in total. The van der Waals surface area contributed by atoms with Gasteiger partial charge in [0.25, 0.3) is 0 Å². The van der Waals surface area contributed by atoms with Crippen molar-refractivity contribution in [2.24, 2.45) is 4.99 Å². The van der Waals surface area contributed by atoms with Gasteiger partial charge >= 0.3 is 0 Å². The number of hydrogen-bond acceptors (Lipinski definition) is 2. The van der Waals surface area contributed by atoms with Gasteiger partial charge in [0.05, 0.1) is 18.4 Å². The Morgan fingerprint density at radius 3 is 2.43 bits per heavy atom. The average Bonchev–Trinajstić information content (AvgIpc) is 2.51. The second-order valence-electron chi connectivity index (χ2n) is 5.59. The van der Waals surface area contributed by atoms with E-state index in [0.29, 0.717) is 5.76 Å². The molecule has 0 radical (unpaired) electrons. The van der Waals surface area contributed by atoms with Crippen LogP contribution in [0.5, 0.6) is 0 Å². The summed E-state index contributed by atoms with van der Waals surface area (Å²) in [7, 11) is 1.61. The third-order valence-electron chi connectivity index (χ3n) is 3.47. The van der Waals surface area contributed by atoms with Crippen molar-refractivity contribution in [1.82, 2.24) is 0 Å². The molecule has 2 nitrogen and oxygen atoms in total. The Balaban J connectivity index is 3.14. The normalized spacial score (nSPS) is 10.5. The van der Waals surface area contributed by atoms with E-state index < -0.39 is 0 Å². The van der Waals surface area contributed by atoms with E-state index in [4.69, 9.17) is 9.73 Å². The number of allylic oxidation sites excluding steroid dienone is 2. The number of hydrogen-bond donors (Lipinski definition) is 0. The number of aliphatic imine (C=N–C) groups is 1. The Morgan fingerprint density at radius 1 is 1.17 bits per heavy atom. The molecule has 0 heterocycles. The molecule has 0 aromatic heterocycles. The van der Waals surface area contributed by atoms with E-state index in [1.807, 2.05) is 39.0 Å². The minimum atomic E-state index is 0.601. The summed E-state index contributed by atoms with van der Waals surface area (Å²) in [6, 6.07) is 5.98. The minimum Gasteiger partial charge on any atom is -0.489 e. The number of para-hydroxylation sites is 1. The summed E-state index contributed by atoms with van der Waals surface area (Å²) >= 11 is 0. The molecule has 0 amide bonds. The Morgan fingerprint density at radius 2 is 1.87 bits per heavy atom. The van der Waals surface area contributed by atoms with Gasteiger partial charge in [0.2, 0.25) is 0 Å². The second-order valence-corrected chi connectivity index (χ2v) is 5.59. The van der Waals surface area contributed by atoms with Crippen molar-refractivity contribution in [2.75, 3.05) is 7.11 Å². The van der Waals surface area contributed by atoms with E-state index in [1.54, 1.807) is 7.11 Å². The molecule has 0 aliphatic heterocycles. The first-order valence-corrected chi connectivity index (χ1v) is 7.53. The van der Waals surface area contributed by atoms with Gasteiger partial charge in [0, 0.05) is 12.1 Å². The zero-order valence-corrected chi connectivity index (χ0v) is 14.6. The van der Waals surface area contributed by atoms with Gasteiger partial charge in [-0.15, -0.1) is 5.73 Å². The quantitative estimate of drug-likeness (QED) is 0.265. The van der Waals surface area contributed by atoms with Gasteiger partial charge in [-0.1, -0.05) is 43.2 Å². The first-order chi connectivity index (χ1) is 10.9. The summed E-state index contributed by atoms with van der Waals surface area (Å²) < 4.78 is 5.35. The number of methoxy groups -OCH3 is 1. The highest BCUT2D eigenvalue weighted by Gasteiger charge is 2.10. The molecule has 0 atom stereocenters. The molecule has 0 aliphatic rings. The van der Waals surface area contributed by atoms with Crippen LogP contribution < -0.4 is 0 Å². The maximum Gasteiger partial charge on any atom is 0.170 e. The summed E-state index contributed by atoms with van der Waals surface area (Å²) in [6.07, 6.45) is 1.54. The molecule has 1 aromatic rings. The van der Waals surface area contributed by atoms with E-state index in [9.17, 15) is 0 Å². The highest BCUT2D eigenvalue weighted by Crippen LogP contribution is 2.30. The van der Waals surface area contributed by atoms with E-state index in [0.717, 1.165) is 46.5 Å². The van der Waals surface area contributed by atoms with Crippen LogP contribution in [0.1, 0.15) is 37.8 Å². The highest BCUT2D eigenvalue weighted by atomic mass is 16.5. The molecule has 0 saturated carbocycles. The van der Waals surface area contributed by atoms with Gasteiger partial charge in [-0.25, -0.2) is 0 Å². The van der Waals surface area contributed by atoms with Crippen molar-refractivity contribution in [1.29, 1.82) is 0 Å². The van der Waals surface area contributed by atoms with Crippen molar-refractivity contribution in [3.63, 3.8) is 0 Å². The smallest absolute Gasteiger partial charge is 0.170 e. The summed E-state index contributed by atoms with van der Waals surface area (Å²) in [6.45, 7) is 17.5. The predicted octanol–water partition coefficient (Wildman–Crippen LogP) is 5.93. The number of ether oxygens (including phenoxy) is 1. The SMILES string of the molecule is C=C=C(C)CC(=C)CC(C)=Nc1c(C)cccc1C(=C=C)OC. The fourth-order valence-corrected chi connectivity index (χ4v) is 2.36. The molecule has 0 spiro atoms. The largest absolute Gasteiger partial charge is 0.489 e. The molecule has 2 heteroatoms. The summed E-state index contributed by atoms with van der Waals surface area (Å²) in [5.41, 5.74) is 11.8. The molecule has 1 aromatic carbocycles. The van der Waals surface area contributed by atoms with Crippen LogP contribution in [0.3, 0.4) is 0 Å². The van der Waals surface area contributed by atoms with E-state index in [-0.39, 0.29) is 0 Å². The van der Waals surface area contributed by atoms with Gasteiger partial charge in [0.1, 0.15) is 0 Å². The maximum atomic E-state index is 5.35. The number of rotatable bonds is 7. The zero-order chi connectivity index (χ0) is 17.4. The van der Waals surface area contributed by atoms with Crippen LogP contribution in [0.15, 0.2) is 65.5 Å². The zero-order valence-electron chi connectivity index (χ0n) is 14.6. The van der Waals surface area contributed by atoms with Crippen LogP contribution in [-0.4, -0.2) is 12.8 Å². The highest BCUT2D eigenvalue weighted by molar-refractivity contribution is 5.88. The van der Waals surface area contributed by atoms with Crippen LogP contribution in [0, 0.1) is 6.92 Å². The standard InChI is InChI=1S/C21H25NO/c1-8-15(3)13-16(4)14-18(6)22-21-17(5)11-10-12-19(21)20(9-2)23-7/h10-12H,1-2,4,13-14H2,3,5-7H3. The average molecular weight is 307 g/mol. The lowest BCUT2D eigenvalue weighted by Crippen LogP contribution is -1.96. The molecule has 0 bridgehead atoms. The van der Waals surface area contributed by atoms with Crippen LogP contribution in [0.2, 0.25) is 0 Å². The van der Waals surface area contributed by atoms with Crippen LogP contribution in [-0.2, 0) is 4.74 Å². The van der Waals surface area contributed by atoms with Gasteiger partial charge in [-0.3, -0.25) is 4.99 Å². The van der Waals surface area contributed by atoms with Crippen LogP contribution in [0.4, 0.5) is 5.69 Å². The molecular formula is C21H25NO. The summed E-state index contributed by atoms with van der Waals surface area (Å²) in [5, 5.41) is 0. The fourth-order valence-electron chi connectivity index (χ4n) is 2.36. The molecule has 1 rings (SSSR count). The lowest BCUT2D eigenvalue weighted by atomic mass is 10.0. The number of benzene rings is 1. The molecule has 0 saturated heterocycles. The number of aryl methyl sites for hydroxylation is 1. The van der Waals surface area contributed by atoms with Crippen molar-refractivity contribution >= 4 is 17.2 Å². The van der Waals surface area contributed by atoms with Crippen LogP contribution in [0.25, 0.3) is 5.76 Å². The Labute approximate surface area is 139 Å². The topological polar surface area (TPSA) is 21.6 Å². The molecular weight excluding hydrogens is 282 g/mol. The third-order valence-corrected chi connectivity index (χ3v) is 3.47. The predicted molar refractivity (Wildman–Crippen MR) is 100 cm³/mol. The Kier molecular flexibility index (Phi) is 7.09. The van der Waals surface area contributed by atoms with Gasteiger partial charge in [-0.2, -0.15) is 0 Å². The van der Waals surface area contributed by atoms with Gasteiger partial charge in [-0.05, 0) is 44.4 Å². The molecule has 23 heavy (non-hydrogen) atoms. The second kappa shape index (κ2) is 8.80. The molecule has 0 unspecified atom stereocenters. The minimum absolute atomic E-state index is 0.601. The fraction of sp³-hybridized carbons (Fsp3) is 0.286. The Hall–Kier alpha value is -2.53. The van der Waals surface area contributed by atoms with E-state index in [2.05, 4.69) is 31.2 Å². The van der Waals surface area contributed by atoms with Crippen molar-refractivity contribution in [3.8, 4) is 0 Å². The first kappa shape index (κ1) is 18.5. The van der Waals surface area contributed by atoms with Crippen molar-refractivity contribution in [2.45, 2.75) is 33.6 Å². The molecule has 0 fully saturated rings. The van der Waals surface area contributed by atoms with Gasteiger partial charge < -0.3 is 4.74 Å². The van der Waals surface area contributed by atoms with Gasteiger partial charge in [0.15, 0.2) is 5.76 Å². The third kappa shape index (κ3) is 5.30. The molecule has 0 aliphatic carbocycles. The first-order valence-electron chi connectivity index (χ1n) is 7.53. The lowest BCUT2D eigenvalue weighted by Gasteiger charge is -2.11. The summed E-state index contributed by atoms with van der Waals surface area (Å²) in [4.78, 5) is 4.79. The van der Waals surface area contributed by atoms with Crippen LogP contribution >= 0.6 is 0 Å². The van der Waals surface area contributed by atoms with E-state index >= 15 is 0 Å². The van der Waals surface area contributed by atoms with Crippen molar-refractivity contribution in [3.05, 3.63) is 71.7 Å². The molecule has 120 valence electrons. The summed E-state index contributed by atoms with van der Waals surface area (Å²) in [5.74, 6) is 0.601. The maximum absolute atomic E-state index is 5.35. The monoisotopic (exact) mass is 307 g/mol. The van der Waals surface area contributed by atoms with Crippen molar-refractivity contribution < 1.29 is 4.74 Å². The Bertz CT molecular complexity index is 724. The lowest BCUT2D eigenvalue weighted by molar-refractivity contribution is 0.371. The number of nitrogens with zero attached hydrogens (tertiary/aromatic N) is 1.